The predicted octanol–water partition coefficient (Wildman–Crippen LogP) is 3.40. The highest BCUT2D eigenvalue weighted by Crippen LogP contribution is 2.34. The van der Waals surface area contributed by atoms with E-state index in [4.69, 9.17) is 26.1 Å². The fraction of sp³-hybridized carbons (Fsp3) is 0.688. The van der Waals surface area contributed by atoms with Crippen LogP contribution in [0.5, 0.6) is 0 Å². The third kappa shape index (κ3) is 3.45. The van der Waals surface area contributed by atoms with Crippen molar-refractivity contribution in [2.24, 2.45) is 0 Å². The maximum Gasteiger partial charge on any atom is 0.210 e. The normalized spacial score (nSPS) is 24.8. The number of morpholine rings is 1. The quantitative estimate of drug-likeness (QED) is 0.384. The molecule has 0 bridgehead atoms. The predicted molar refractivity (Wildman–Crippen MR) is 104 cm³/mol. The molecule has 0 aromatic carbocycles. The maximum atomic E-state index is 6.37. The standard InChI is InChI=1S/C16H21ClIN5O2/c1-2-10-9-22(6-8-24-10)16-19-12-13(17)20-15(18)21-14(12)23(16)11-5-3-4-7-25-11/h10-11H,2-9H2,1H3. The maximum absolute atomic E-state index is 6.37. The van der Waals surface area contributed by atoms with Crippen molar-refractivity contribution in [3.05, 3.63) is 8.98 Å². The largest absolute Gasteiger partial charge is 0.375 e. The highest BCUT2D eigenvalue weighted by atomic mass is 127. The first-order valence-corrected chi connectivity index (χ1v) is 10.2. The summed E-state index contributed by atoms with van der Waals surface area (Å²) in [5, 5.41) is 0.394. The minimum Gasteiger partial charge on any atom is -0.375 e. The average Bonchev–Trinajstić information content (AvgIpc) is 3.02. The summed E-state index contributed by atoms with van der Waals surface area (Å²) in [4.78, 5) is 16.0. The molecule has 9 heteroatoms. The van der Waals surface area contributed by atoms with Crippen molar-refractivity contribution in [1.29, 1.82) is 0 Å². The fourth-order valence-corrected chi connectivity index (χ4v) is 4.29. The number of fused-ring (bicyclic) bond motifs is 1. The van der Waals surface area contributed by atoms with Gasteiger partial charge < -0.3 is 14.4 Å². The van der Waals surface area contributed by atoms with Crippen LogP contribution in [0.15, 0.2) is 0 Å². The third-order valence-corrected chi connectivity index (χ3v) is 5.52. The number of anilines is 1. The Hall–Kier alpha value is -0.710. The second-order valence-electron chi connectivity index (χ2n) is 6.41. The van der Waals surface area contributed by atoms with Gasteiger partial charge in [0.25, 0.3) is 0 Å². The zero-order valence-electron chi connectivity index (χ0n) is 14.1. The number of hydrogen-bond acceptors (Lipinski definition) is 6. The molecule has 2 fully saturated rings. The van der Waals surface area contributed by atoms with Crippen molar-refractivity contribution in [2.45, 2.75) is 44.9 Å². The lowest BCUT2D eigenvalue weighted by Crippen LogP contribution is -2.43. The topological polar surface area (TPSA) is 65.3 Å². The molecule has 2 aromatic rings. The molecular weight excluding hydrogens is 457 g/mol. The Bertz CT molecular complexity index is 765. The first-order chi connectivity index (χ1) is 12.2. The molecule has 0 saturated carbocycles. The number of rotatable bonds is 3. The summed E-state index contributed by atoms with van der Waals surface area (Å²) in [7, 11) is 0. The summed E-state index contributed by atoms with van der Waals surface area (Å²) in [5.74, 6) is 0.863. The highest BCUT2D eigenvalue weighted by molar-refractivity contribution is 14.1. The van der Waals surface area contributed by atoms with E-state index < -0.39 is 0 Å². The van der Waals surface area contributed by atoms with E-state index >= 15 is 0 Å². The van der Waals surface area contributed by atoms with Crippen molar-refractivity contribution in [1.82, 2.24) is 19.5 Å². The minimum atomic E-state index is -0.0570. The van der Waals surface area contributed by atoms with Crippen molar-refractivity contribution < 1.29 is 9.47 Å². The molecule has 2 saturated heterocycles. The number of ether oxygens (including phenoxy) is 2. The molecule has 0 radical (unpaired) electrons. The van der Waals surface area contributed by atoms with Gasteiger partial charge in [0.1, 0.15) is 11.7 Å². The Balaban J connectivity index is 1.82. The van der Waals surface area contributed by atoms with Crippen molar-refractivity contribution in [3.63, 3.8) is 0 Å². The fourth-order valence-electron chi connectivity index (χ4n) is 3.47. The second kappa shape index (κ2) is 7.50. The molecule has 0 N–H and O–H groups in total. The molecule has 0 spiro atoms. The molecule has 136 valence electrons. The number of halogens is 2. The van der Waals surface area contributed by atoms with Crippen LogP contribution in [0.2, 0.25) is 5.15 Å². The van der Waals surface area contributed by atoms with Gasteiger partial charge in [-0.15, -0.1) is 0 Å². The zero-order chi connectivity index (χ0) is 17.4. The van der Waals surface area contributed by atoms with Gasteiger partial charge in [-0.25, -0.2) is 15.0 Å². The van der Waals surface area contributed by atoms with Gasteiger partial charge in [0, 0.05) is 42.3 Å². The summed E-state index contributed by atoms with van der Waals surface area (Å²) in [6.45, 7) is 5.22. The Labute approximate surface area is 165 Å². The second-order valence-corrected chi connectivity index (χ2v) is 7.73. The van der Waals surface area contributed by atoms with Crippen LogP contribution in [0.25, 0.3) is 11.2 Å². The van der Waals surface area contributed by atoms with Crippen LogP contribution in [-0.4, -0.2) is 51.9 Å². The summed E-state index contributed by atoms with van der Waals surface area (Å²) >= 11 is 8.46. The molecule has 4 heterocycles. The van der Waals surface area contributed by atoms with Gasteiger partial charge in [0.15, 0.2) is 14.6 Å². The molecule has 2 aliphatic heterocycles. The number of nitrogens with zero attached hydrogens (tertiary/aromatic N) is 5. The van der Waals surface area contributed by atoms with Gasteiger partial charge in [-0.1, -0.05) is 18.5 Å². The zero-order valence-corrected chi connectivity index (χ0v) is 17.0. The van der Waals surface area contributed by atoms with Crippen molar-refractivity contribution in [3.8, 4) is 0 Å². The van der Waals surface area contributed by atoms with E-state index in [1.165, 1.54) is 0 Å². The summed E-state index contributed by atoms with van der Waals surface area (Å²) in [6, 6.07) is 0. The molecule has 7 nitrogen and oxygen atoms in total. The van der Waals surface area contributed by atoms with Gasteiger partial charge in [-0.2, -0.15) is 0 Å². The van der Waals surface area contributed by atoms with Crippen LogP contribution in [0.4, 0.5) is 5.95 Å². The van der Waals surface area contributed by atoms with Crippen LogP contribution < -0.4 is 4.90 Å². The molecular formula is C16H21ClIN5O2. The Morgan fingerprint density at radius 2 is 2.08 bits per heavy atom. The van der Waals surface area contributed by atoms with E-state index in [-0.39, 0.29) is 12.3 Å². The Morgan fingerprint density at radius 3 is 2.84 bits per heavy atom. The van der Waals surface area contributed by atoms with E-state index in [1.54, 1.807) is 0 Å². The molecule has 0 amide bonds. The summed E-state index contributed by atoms with van der Waals surface area (Å²) in [5.41, 5.74) is 1.40. The van der Waals surface area contributed by atoms with Crippen LogP contribution in [0, 0.1) is 3.83 Å². The molecule has 4 rings (SSSR count). The van der Waals surface area contributed by atoms with Crippen molar-refractivity contribution >= 4 is 51.3 Å². The SMILES string of the molecule is CCC1CN(c2nc3c(Cl)nc(I)nc3n2C2CCCCO2)CCO1. The summed E-state index contributed by atoms with van der Waals surface area (Å²) in [6.07, 6.45) is 4.34. The molecule has 0 aliphatic carbocycles. The lowest BCUT2D eigenvalue weighted by atomic mass is 10.2. The van der Waals surface area contributed by atoms with E-state index in [9.17, 15) is 0 Å². The minimum absolute atomic E-state index is 0.0570. The molecule has 2 aliphatic rings. The van der Waals surface area contributed by atoms with Crippen LogP contribution >= 0.6 is 34.2 Å². The molecule has 2 aromatic heterocycles. The average molecular weight is 478 g/mol. The number of aromatic nitrogens is 4. The van der Waals surface area contributed by atoms with Crippen LogP contribution in [0.3, 0.4) is 0 Å². The summed E-state index contributed by atoms with van der Waals surface area (Å²) < 4.78 is 14.6. The van der Waals surface area contributed by atoms with Gasteiger partial charge in [0.05, 0.1) is 12.7 Å². The third-order valence-electron chi connectivity index (χ3n) is 4.77. The van der Waals surface area contributed by atoms with E-state index in [0.717, 1.165) is 57.0 Å². The Morgan fingerprint density at radius 1 is 1.20 bits per heavy atom. The van der Waals surface area contributed by atoms with E-state index in [2.05, 4.69) is 48.9 Å². The first-order valence-electron chi connectivity index (χ1n) is 8.76. The van der Waals surface area contributed by atoms with E-state index in [0.29, 0.717) is 21.1 Å². The van der Waals surface area contributed by atoms with Gasteiger partial charge in [-0.05, 0) is 25.7 Å². The Kier molecular flexibility index (Phi) is 5.30. The van der Waals surface area contributed by atoms with E-state index in [1.807, 2.05) is 0 Å². The monoisotopic (exact) mass is 477 g/mol. The number of imidazole rings is 1. The van der Waals surface area contributed by atoms with Crippen LogP contribution in [0.1, 0.15) is 38.8 Å². The van der Waals surface area contributed by atoms with Crippen molar-refractivity contribution in [2.75, 3.05) is 31.2 Å². The molecule has 2 unspecified atom stereocenters. The van der Waals surface area contributed by atoms with Crippen LogP contribution in [-0.2, 0) is 9.47 Å². The lowest BCUT2D eigenvalue weighted by molar-refractivity contribution is -0.0298. The lowest BCUT2D eigenvalue weighted by Gasteiger charge is -2.35. The van der Waals surface area contributed by atoms with Gasteiger partial charge in [0.2, 0.25) is 5.95 Å². The van der Waals surface area contributed by atoms with Gasteiger partial charge in [-0.3, -0.25) is 4.57 Å². The van der Waals surface area contributed by atoms with Gasteiger partial charge >= 0.3 is 0 Å². The first kappa shape index (κ1) is 17.7. The smallest absolute Gasteiger partial charge is 0.210 e. The highest BCUT2D eigenvalue weighted by Gasteiger charge is 2.30. The molecule has 2 atom stereocenters. The number of hydrogen-bond donors (Lipinski definition) is 0. The molecule has 25 heavy (non-hydrogen) atoms.